The third-order valence-electron chi connectivity index (χ3n) is 2.72. The minimum atomic E-state index is -0.554. The summed E-state index contributed by atoms with van der Waals surface area (Å²) >= 11 is 0. The van der Waals surface area contributed by atoms with Crippen molar-refractivity contribution >= 4 is 5.91 Å². The van der Waals surface area contributed by atoms with Crippen molar-refractivity contribution in [2.24, 2.45) is 5.92 Å². The third kappa shape index (κ3) is 4.00. The lowest BCUT2D eigenvalue weighted by Crippen LogP contribution is -2.30. The number of carbonyl (C=O) groups excluding carboxylic acids is 1. The van der Waals surface area contributed by atoms with Gasteiger partial charge in [0.25, 0.3) is 5.91 Å². The van der Waals surface area contributed by atoms with Crippen molar-refractivity contribution in [1.82, 2.24) is 10.3 Å². The van der Waals surface area contributed by atoms with Gasteiger partial charge in [-0.05, 0) is 31.7 Å². The zero-order valence-corrected chi connectivity index (χ0v) is 10.4. The molecule has 1 amide bonds. The van der Waals surface area contributed by atoms with Gasteiger partial charge in [0.15, 0.2) is 0 Å². The van der Waals surface area contributed by atoms with Crippen LogP contribution >= 0.6 is 0 Å². The predicted octanol–water partition coefficient (Wildman–Crippen LogP) is 0.981. The standard InChI is InChI=1S/C13H18N2O3/c1-9(16)7-15-13(17)11-4-5-14-12(6-11)18-8-10-2-3-10/h4-6,9-10,16H,2-3,7-8H2,1H3,(H,15,17)/t9-/m0/s1. The average molecular weight is 250 g/mol. The number of aliphatic hydroxyl groups is 1. The Morgan fingerprint density at radius 2 is 2.44 bits per heavy atom. The Labute approximate surface area is 106 Å². The molecule has 98 valence electrons. The van der Waals surface area contributed by atoms with E-state index in [2.05, 4.69) is 10.3 Å². The second kappa shape index (κ2) is 5.82. The molecule has 0 spiro atoms. The highest BCUT2D eigenvalue weighted by Crippen LogP contribution is 2.29. The molecule has 0 unspecified atom stereocenters. The number of aliphatic hydroxyl groups excluding tert-OH is 1. The van der Waals surface area contributed by atoms with Crippen molar-refractivity contribution in [3.8, 4) is 5.88 Å². The number of nitrogens with zero attached hydrogens (tertiary/aromatic N) is 1. The molecule has 0 aromatic carbocycles. The fourth-order valence-electron chi connectivity index (χ4n) is 1.46. The Hall–Kier alpha value is -1.62. The zero-order chi connectivity index (χ0) is 13.0. The van der Waals surface area contributed by atoms with Gasteiger partial charge in [-0.1, -0.05) is 0 Å². The first kappa shape index (κ1) is 12.8. The van der Waals surface area contributed by atoms with Crippen LogP contribution in [0.3, 0.4) is 0 Å². The van der Waals surface area contributed by atoms with Crippen molar-refractivity contribution in [3.05, 3.63) is 23.9 Å². The lowest BCUT2D eigenvalue weighted by Gasteiger charge is -2.08. The number of nitrogens with one attached hydrogen (secondary N) is 1. The van der Waals surface area contributed by atoms with Gasteiger partial charge in [0, 0.05) is 24.4 Å². The van der Waals surface area contributed by atoms with E-state index in [1.165, 1.54) is 12.8 Å². The van der Waals surface area contributed by atoms with Crippen molar-refractivity contribution in [2.75, 3.05) is 13.2 Å². The first-order chi connectivity index (χ1) is 8.65. The first-order valence-corrected chi connectivity index (χ1v) is 6.20. The lowest BCUT2D eigenvalue weighted by atomic mass is 10.2. The van der Waals surface area contributed by atoms with Gasteiger partial charge < -0.3 is 15.2 Å². The number of ether oxygens (including phenoxy) is 1. The normalized spacial score (nSPS) is 16.1. The highest BCUT2D eigenvalue weighted by molar-refractivity contribution is 5.94. The van der Waals surface area contributed by atoms with Crippen LogP contribution in [-0.2, 0) is 0 Å². The van der Waals surface area contributed by atoms with Crippen LogP contribution in [0.15, 0.2) is 18.3 Å². The van der Waals surface area contributed by atoms with E-state index in [0.717, 1.165) is 0 Å². The van der Waals surface area contributed by atoms with E-state index in [1.807, 2.05) is 0 Å². The molecule has 1 heterocycles. The Balaban J connectivity index is 1.90. The van der Waals surface area contributed by atoms with E-state index < -0.39 is 6.10 Å². The summed E-state index contributed by atoms with van der Waals surface area (Å²) in [7, 11) is 0. The Kier molecular flexibility index (Phi) is 4.15. The molecule has 0 saturated heterocycles. The van der Waals surface area contributed by atoms with Crippen LogP contribution in [0, 0.1) is 5.92 Å². The summed E-state index contributed by atoms with van der Waals surface area (Å²) in [6.45, 7) is 2.53. The number of aromatic nitrogens is 1. The predicted molar refractivity (Wildman–Crippen MR) is 66.5 cm³/mol. The van der Waals surface area contributed by atoms with E-state index in [0.29, 0.717) is 24.0 Å². The van der Waals surface area contributed by atoms with Crippen molar-refractivity contribution in [1.29, 1.82) is 0 Å². The molecular formula is C13H18N2O3. The summed E-state index contributed by atoms with van der Waals surface area (Å²) in [5.41, 5.74) is 0.497. The van der Waals surface area contributed by atoms with Gasteiger partial charge in [-0.25, -0.2) is 4.98 Å². The monoisotopic (exact) mass is 250 g/mol. The van der Waals surface area contributed by atoms with Gasteiger partial charge in [-0.2, -0.15) is 0 Å². The van der Waals surface area contributed by atoms with E-state index >= 15 is 0 Å². The molecule has 2 rings (SSSR count). The molecule has 0 aliphatic heterocycles. The summed E-state index contributed by atoms with van der Waals surface area (Å²) in [6, 6.07) is 3.25. The molecule has 2 N–H and O–H groups in total. The summed E-state index contributed by atoms with van der Waals surface area (Å²) < 4.78 is 5.51. The molecule has 0 radical (unpaired) electrons. The minimum Gasteiger partial charge on any atom is -0.477 e. The second-order valence-electron chi connectivity index (χ2n) is 4.70. The van der Waals surface area contributed by atoms with E-state index in [1.54, 1.807) is 25.3 Å². The first-order valence-electron chi connectivity index (χ1n) is 6.20. The third-order valence-corrected chi connectivity index (χ3v) is 2.72. The van der Waals surface area contributed by atoms with Crippen LogP contribution in [0.5, 0.6) is 5.88 Å². The highest BCUT2D eigenvalue weighted by atomic mass is 16.5. The van der Waals surface area contributed by atoms with Crippen molar-refractivity contribution in [3.63, 3.8) is 0 Å². The fourth-order valence-corrected chi connectivity index (χ4v) is 1.46. The maximum absolute atomic E-state index is 11.7. The topological polar surface area (TPSA) is 71.5 Å². The molecular weight excluding hydrogens is 232 g/mol. The number of hydrogen-bond donors (Lipinski definition) is 2. The largest absolute Gasteiger partial charge is 0.477 e. The lowest BCUT2D eigenvalue weighted by molar-refractivity contribution is 0.0923. The van der Waals surface area contributed by atoms with Gasteiger partial charge in [-0.3, -0.25) is 4.79 Å². The van der Waals surface area contributed by atoms with Gasteiger partial charge in [0.1, 0.15) is 0 Å². The molecule has 5 heteroatoms. The van der Waals surface area contributed by atoms with Crippen molar-refractivity contribution in [2.45, 2.75) is 25.9 Å². The van der Waals surface area contributed by atoms with Crippen LogP contribution in [0.1, 0.15) is 30.1 Å². The highest BCUT2D eigenvalue weighted by Gasteiger charge is 2.22. The summed E-state index contributed by atoms with van der Waals surface area (Å²) in [5.74, 6) is 0.903. The number of hydrogen-bond acceptors (Lipinski definition) is 4. The minimum absolute atomic E-state index is 0.227. The molecule has 1 saturated carbocycles. The summed E-state index contributed by atoms with van der Waals surface area (Å²) in [4.78, 5) is 15.8. The molecule has 1 aromatic heterocycles. The molecule has 0 bridgehead atoms. The molecule has 1 aromatic rings. The zero-order valence-electron chi connectivity index (χ0n) is 10.4. The molecule has 1 atom stereocenters. The van der Waals surface area contributed by atoms with Crippen LogP contribution in [-0.4, -0.2) is 35.3 Å². The van der Waals surface area contributed by atoms with Crippen LogP contribution in [0.25, 0.3) is 0 Å². The van der Waals surface area contributed by atoms with E-state index in [4.69, 9.17) is 9.84 Å². The fraction of sp³-hybridized carbons (Fsp3) is 0.538. The van der Waals surface area contributed by atoms with Crippen LogP contribution in [0.4, 0.5) is 0 Å². The van der Waals surface area contributed by atoms with Crippen LogP contribution in [0.2, 0.25) is 0 Å². The van der Waals surface area contributed by atoms with Gasteiger partial charge in [0.05, 0.1) is 12.7 Å². The Bertz CT molecular complexity index is 416. The average Bonchev–Trinajstić information content (AvgIpc) is 3.18. The molecule has 5 nitrogen and oxygen atoms in total. The van der Waals surface area contributed by atoms with Gasteiger partial charge in [0.2, 0.25) is 5.88 Å². The smallest absolute Gasteiger partial charge is 0.251 e. The molecule has 1 fully saturated rings. The number of rotatable bonds is 6. The Morgan fingerprint density at radius 3 is 3.11 bits per heavy atom. The van der Waals surface area contributed by atoms with E-state index in [-0.39, 0.29) is 12.5 Å². The van der Waals surface area contributed by atoms with Crippen molar-refractivity contribution < 1.29 is 14.6 Å². The molecule has 1 aliphatic carbocycles. The van der Waals surface area contributed by atoms with Gasteiger partial charge in [-0.15, -0.1) is 0 Å². The second-order valence-corrected chi connectivity index (χ2v) is 4.70. The quantitative estimate of drug-likeness (QED) is 0.789. The maximum atomic E-state index is 11.7. The number of carbonyl (C=O) groups is 1. The van der Waals surface area contributed by atoms with Gasteiger partial charge >= 0.3 is 0 Å². The number of amides is 1. The molecule has 1 aliphatic rings. The maximum Gasteiger partial charge on any atom is 0.251 e. The van der Waals surface area contributed by atoms with Crippen LogP contribution < -0.4 is 10.1 Å². The Morgan fingerprint density at radius 1 is 1.67 bits per heavy atom. The SMILES string of the molecule is C[C@H](O)CNC(=O)c1ccnc(OCC2CC2)c1. The summed E-state index contributed by atoms with van der Waals surface area (Å²) in [6.07, 6.45) is 3.43. The number of pyridine rings is 1. The molecule has 18 heavy (non-hydrogen) atoms. The van der Waals surface area contributed by atoms with E-state index in [9.17, 15) is 4.79 Å². The summed E-state index contributed by atoms with van der Waals surface area (Å²) in [5, 5.41) is 11.7.